The zero-order chi connectivity index (χ0) is 34.1. The minimum Gasteiger partial charge on any atom is -0.462 e. The van der Waals surface area contributed by atoms with Crippen molar-refractivity contribution in [3.05, 3.63) is 83.0 Å². The summed E-state index contributed by atoms with van der Waals surface area (Å²) in [4.78, 5) is 27.1. The van der Waals surface area contributed by atoms with Gasteiger partial charge in [-0.05, 0) is 67.7 Å². The Bertz CT molecular complexity index is 1460. The predicted octanol–water partition coefficient (Wildman–Crippen LogP) is 5.76. The standard InChI is InChI=1S/C39H50O9/c1-5-33-26(4)16-17-38(48-33)21-31-20-30(47-38)15-14-25(3)18-24(2)10-9-13-29-23-44-35-34(40)28(19-32(37(42)46-31)39(29,35)43)22-45-36(41)27-11-7-6-8-12-27/h6-14,19,24,26,30-35,40,43H,5,15-18,20-23H2,1-4H3/b10-9+,25-14+,29-13+/t24-,26-,30+,31-,32-,33+,34+,35+,38+,39+/m0/s1. The largest absolute Gasteiger partial charge is 0.462 e. The third-order valence-electron chi connectivity index (χ3n) is 10.7. The number of esters is 2. The number of rotatable bonds is 4. The van der Waals surface area contributed by atoms with Gasteiger partial charge in [-0.1, -0.05) is 74.9 Å². The lowest BCUT2D eigenvalue weighted by Crippen LogP contribution is -2.58. The van der Waals surface area contributed by atoms with Crippen molar-refractivity contribution in [2.75, 3.05) is 13.2 Å². The van der Waals surface area contributed by atoms with Crippen LogP contribution in [0.25, 0.3) is 0 Å². The van der Waals surface area contributed by atoms with Crippen LogP contribution >= 0.6 is 0 Å². The lowest BCUT2D eigenvalue weighted by atomic mass is 9.70. The maximum absolute atomic E-state index is 14.3. The van der Waals surface area contributed by atoms with Crippen molar-refractivity contribution >= 4 is 11.9 Å². The van der Waals surface area contributed by atoms with Crippen molar-refractivity contribution in [2.24, 2.45) is 17.8 Å². The monoisotopic (exact) mass is 662 g/mol. The molecule has 48 heavy (non-hydrogen) atoms. The number of aliphatic hydroxyl groups excluding tert-OH is 1. The molecule has 4 aliphatic heterocycles. The normalized spacial score (nSPS) is 41.5. The average Bonchev–Trinajstić information content (AvgIpc) is 3.41. The van der Waals surface area contributed by atoms with Gasteiger partial charge in [0.2, 0.25) is 0 Å². The fourth-order valence-electron chi connectivity index (χ4n) is 8.07. The summed E-state index contributed by atoms with van der Waals surface area (Å²) in [5.74, 6) is -2.64. The fraction of sp³-hybridized carbons (Fsp3) is 0.590. The summed E-state index contributed by atoms with van der Waals surface area (Å²) in [5.41, 5.74) is 0.496. The Morgan fingerprint density at radius 3 is 2.69 bits per heavy atom. The molecule has 3 saturated heterocycles. The molecule has 0 radical (unpaired) electrons. The lowest BCUT2D eigenvalue weighted by Gasteiger charge is -2.50. The van der Waals surface area contributed by atoms with Gasteiger partial charge in [-0.25, -0.2) is 4.79 Å². The van der Waals surface area contributed by atoms with Gasteiger partial charge in [-0.2, -0.15) is 0 Å². The molecule has 1 spiro atoms. The molecule has 2 bridgehead atoms. The first-order valence-electron chi connectivity index (χ1n) is 17.6. The van der Waals surface area contributed by atoms with E-state index in [1.165, 1.54) is 11.6 Å². The number of benzene rings is 1. The van der Waals surface area contributed by atoms with E-state index in [1.807, 2.05) is 6.08 Å². The molecule has 0 amide bonds. The Morgan fingerprint density at radius 1 is 1.12 bits per heavy atom. The molecule has 1 aromatic carbocycles. The second-order valence-electron chi connectivity index (χ2n) is 14.4. The third kappa shape index (κ3) is 7.12. The zero-order valence-electron chi connectivity index (χ0n) is 28.5. The van der Waals surface area contributed by atoms with Crippen LogP contribution in [0.1, 0.15) is 83.0 Å². The van der Waals surface area contributed by atoms with Crippen molar-refractivity contribution in [3.63, 3.8) is 0 Å². The molecule has 4 heterocycles. The van der Waals surface area contributed by atoms with E-state index < -0.39 is 47.6 Å². The van der Waals surface area contributed by atoms with Crippen LogP contribution in [0.5, 0.6) is 0 Å². The summed E-state index contributed by atoms with van der Waals surface area (Å²) in [7, 11) is 0. The van der Waals surface area contributed by atoms with Crippen LogP contribution in [0.15, 0.2) is 77.4 Å². The van der Waals surface area contributed by atoms with E-state index in [0.717, 1.165) is 19.3 Å². The van der Waals surface area contributed by atoms with E-state index in [9.17, 15) is 19.8 Å². The smallest absolute Gasteiger partial charge is 0.338 e. The van der Waals surface area contributed by atoms with Gasteiger partial charge in [0.25, 0.3) is 0 Å². The molecule has 9 heteroatoms. The van der Waals surface area contributed by atoms with Gasteiger partial charge in [0.15, 0.2) is 5.79 Å². The van der Waals surface area contributed by atoms with E-state index in [-0.39, 0.29) is 36.9 Å². The first kappa shape index (κ1) is 34.8. The number of carbonyl (C=O) groups is 2. The minimum atomic E-state index is -1.86. The van der Waals surface area contributed by atoms with Crippen molar-refractivity contribution in [1.82, 2.24) is 0 Å². The van der Waals surface area contributed by atoms with Crippen LogP contribution in [0.2, 0.25) is 0 Å². The highest BCUT2D eigenvalue weighted by molar-refractivity contribution is 5.89. The molecule has 2 N–H and O–H groups in total. The molecular weight excluding hydrogens is 612 g/mol. The van der Waals surface area contributed by atoms with Gasteiger partial charge in [0, 0.05) is 19.3 Å². The summed E-state index contributed by atoms with van der Waals surface area (Å²) in [5, 5.41) is 23.8. The highest BCUT2D eigenvalue weighted by Crippen LogP contribution is 2.47. The minimum absolute atomic E-state index is 0.0253. The molecule has 3 fully saturated rings. The summed E-state index contributed by atoms with van der Waals surface area (Å²) in [6, 6.07) is 8.55. The van der Waals surface area contributed by atoms with Crippen LogP contribution < -0.4 is 0 Å². The average molecular weight is 663 g/mol. The van der Waals surface area contributed by atoms with Crippen molar-refractivity contribution in [3.8, 4) is 0 Å². The Labute approximate surface area is 283 Å². The van der Waals surface area contributed by atoms with Crippen LogP contribution in [0.3, 0.4) is 0 Å². The van der Waals surface area contributed by atoms with Gasteiger partial charge in [0.05, 0.1) is 24.4 Å². The van der Waals surface area contributed by atoms with E-state index in [2.05, 4.69) is 39.8 Å². The topological polar surface area (TPSA) is 121 Å². The predicted molar refractivity (Wildman–Crippen MR) is 179 cm³/mol. The Kier molecular flexibility index (Phi) is 10.4. The Balaban J connectivity index is 1.34. The molecule has 9 nitrogen and oxygen atoms in total. The van der Waals surface area contributed by atoms with Gasteiger partial charge in [0.1, 0.15) is 36.4 Å². The van der Waals surface area contributed by atoms with Gasteiger partial charge < -0.3 is 33.9 Å². The van der Waals surface area contributed by atoms with Crippen LogP contribution in [-0.2, 0) is 28.5 Å². The lowest BCUT2D eigenvalue weighted by molar-refractivity contribution is -0.335. The molecule has 0 aromatic heterocycles. The SMILES string of the molecule is CC[C@H]1O[C@]2(CC[C@@H]1C)C[C@@H]1C[C@@H](C/C=C(\C)C[C@@H](C)/C=C/C=C3\CO[C@@H]4[C@H](O)C(COC(=O)c5ccccc5)=C[C@@H](C(=O)O1)[C@]34O)O2. The van der Waals surface area contributed by atoms with Crippen molar-refractivity contribution in [2.45, 2.75) is 115 Å². The Hall–Kier alpha value is -3.08. The van der Waals surface area contributed by atoms with Crippen molar-refractivity contribution in [1.29, 1.82) is 0 Å². The molecule has 6 rings (SSSR count). The van der Waals surface area contributed by atoms with E-state index in [4.69, 9.17) is 23.7 Å². The molecule has 0 unspecified atom stereocenters. The summed E-state index contributed by atoms with van der Waals surface area (Å²) < 4.78 is 31.3. The van der Waals surface area contributed by atoms with Gasteiger partial charge in [-0.15, -0.1) is 0 Å². The van der Waals surface area contributed by atoms with Crippen LogP contribution in [0, 0.1) is 17.8 Å². The van der Waals surface area contributed by atoms with Crippen LogP contribution in [0.4, 0.5) is 0 Å². The van der Waals surface area contributed by atoms with Gasteiger partial charge >= 0.3 is 11.9 Å². The second-order valence-corrected chi connectivity index (χ2v) is 14.4. The second kappa shape index (κ2) is 14.4. The first-order valence-corrected chi connectivity index (χ1v) is 17.6. The summed E-state index contributed by atoms with van der Waals surface area (Å²) in [6.07, 6.45) is 11.2. The molecule has 0 saturated carbocycles. The molecular formula is C39H50O9. The van der Waals surface area contributed by atoms with E-state index in [1.54, 1.807) is 36.4 Å². The number of ether oxygens (including phenoxy) is 5. The number of hydrogen-bond donors (Lipinski definition) is 2. The maximum Gasteiger partial charge on any atom is 0.338 e. The van der Waals surface area contributed by atoms with Crippen molar-refractivity contribution < 1.29 is 43.5 Å². The maximum atomic E-state index is 14.3. The van der Waals surface area contributed by atoms with Gasteiger partial charge in [-0.3, -0.25) is 4.79 Å². The number of carbonyl (C=O) groups excluding carboxylic acids is 2. The fourth-order valence-corrected chi connectivity index (χ4v) is 8.07. The molecule has 10 atom stereocenters. The molecule has 1 aromatic rings. The quantitative estimate of drug-likeness (QED) is 0.306. The van der Waals surface area contributed by atoms with Crippen LogP contribution in [-0.4, -0.2) is 77.3 Å². The number of allylic oxidation sites excluding steroid dienone is 4. The van der Waals surface area contributed by atoms with E-state index >= 15 is 0 Å². The zero-order valence-corrected chi connectivity index (χ0v) is 28.5. The number of hydrogen-bond acceptors (Lipinski definition) is 9. The molecule has 260 valence electrons. The highest BCUT2D eigenvalue weighted by Gasteiger charge is 2.60. The molecule has 1 aliphatic carbocycles. The number of fused-ring (bicyclic) bond motifs is 2. The number of aliphatic hydroxyl groups is 2. The molecule has 5 aliphatic rings. The third-order valence-corrected chi connectivity index (χ3v) is 10.7. The summed E-state index contributed by atoms with van der Waals surface area (Å²) >= 11 is 0. The van der Waals surface area contributed by atoms with E-state index in [0.29, 0.717) is 42.7 Å². The first-order chi connectivity index (χ1) is 23.0. The summed E-state index contributed by atoms with van der Waals surface area (Å²) in [6.45, 7) is 8.34. The Morgan fingerprint density at radius 2 is 1.92 bits per heavy atom. The highest BCUT2D eigenvalue weighted by atomic mass is 16.7.